The lowest BCUT2D eigenvalue weighted by atomic mass is 10.1. The van der Waals surface area contributed by atoms with Gasteiger partial charge in [0.1, 0.15) is 12.4 Å². The number of halogens is 1. The van der Waals surface area contributed by atoms with Crippen molar-refractivity contribution >= 4 is 29.9 Å². The first kappa shape index (κ1) is 28.0. The van der Waals surface area contributed by atoms with Gasteiger partial charge in [-0.05, 0) is 78.6 Å². The summed E-state index contributed by atoms with van der Waals surface area (Å²) in [6.45, 7) is 13.6. The summed E-state index contributed by atoms with van der Waals surface area (Å²) in [6, 6.07) is 6.94. The molecule has 1 aromatic rings. The van der Waals surface area contributed by atoms with E-state index in [-0.39, 0.29) is 30.1 Å². The van der Waals surface area contributed by atoms with Crippen molar-refractivity contribution in [1.82, 2.24) is 15.5 Å². The van der Waals surface area contributed by atoms with Gasteiger partial charge < -0.3 is 25.0 Å². The van der Waals surface area contributed by atoms with Crippen LogP contribution in [0.4, 0.5) is 0 Å². The minimum Gasteiger partial charge on any atom is -0.491 e. The molecule has 1 saturated heterocycles. The Morgan fingerprint density at radius 1 is 1.29 bits per heavy atom. The lowest BCUT2D eigenvalue weighted by Gasteiger charge is -2.20. The van der Waals surface area contributed by atoms with Crippen molar-refractivity contribution in [1.29, 1.82) is 0 Å². The number of nitrogens with zero attached hydrogens (tertiary/aromatic N) is 2. The van der Waals surface area contributed by atoms with Crippen molar-refractivity contribution in [3.05, 3.63) is 29.3 Å². The van der Waals surface area contributed by atoms with Crippen LogP contribution in [0.2, 0.25) is 0 Å². The number of hydrogen-bond donors (Lipinski definition) is 2. The Hall–Kier alpha value is -1.06. The van der Waals surface area contributed by atoms with Crippen molar-refractivity contribution in [2.24, 2.45) is 4.99 Å². The Morgan fingerprint density at radius 2 is 2.10 bits per heavy atom. The van der Waals surface area contributed by atoms with Crippen LogP contribution in [0, 0.1) is 6.92 Å². The molecule has 1 atom stereocenters. The number of hydrogen-bond acceptors (Lipinski definition) is 4. The summed E-state index contributed by atoms with van der Waals surface area (Å²) in [6.07, 6.45) is 4.74. The maximum Gasteiger partial charge on any atom is 0.191 e. The molecule has 0 spiro atoms. The van der Waals surface area contributed by atoms with Crippen molar-refractivity contribution in [2.75, 3.05) is 39.9 Å². The average Bonchev–Trinajstić information content (AvgIpc) is 3.24. The number of benzene rings is 1. The predicted molar refractivity (Wildman–Crippen MR) is 141 cm³/mol. The Labute approximate surface area is 206 Å². The number of guanidine groups is 1. The third-order valence-corrected chi connectivity index (χ3v) is 5.53. The van der Waals surface area contributed by atoms with Crippen LogP contribution < -0.4 is 15.4 Å². The molecular weight excluding hydrogens is 503 g/mol. The third kappa shape index (κ3) is 10.9. The van der Waals surface area contributed by atoms with Gasteiger partial charge in [-0.15, -0.1) is 24.0 Å². The van der Waals surface area contributed by atoms with E-state index in [9.17, 15) is 0 Å². The zero-order chi connectivity index (χ0) is 21.8. The molecule has 1 fully saturated rings. The van der Waals surface area contributed by atoms with Crippen molar-refractivity contribution in [3.8, 4) is 5.75 Å². The normalized spacial score (nSPS) is 16.5. The zero-order valence-electron chi connectivity index (χ0n) is 20.1. The van der Waals surface area contributed by atoms with Crippen LogP contribution in [0.1, 0.15) is 57.6 Å². The molecular formula is C24H43IN4O2. The molecule has 0 bridgehead atoms. The summed E-state index contributed by atoms with van der Waals surface area (Å²) in [5.74, 6) is 1.78. The zero-order valence-corrected chi connectivity index (χ0v) is 22.4. The SMILES string of the molecule is CCNC(=NCc1ccc(C)cc1OCC1CCCO1)NCCCCN(C)C(C)C.I. The summed E-state index contributed by atoms with van der Waals surface area (Å²) in [7, 11) is 2.18. The van der Waals surface area contributed by atoms with Gasteiger partial charge in [0.05, 0.1) is 12.6 Å². The molecule has 0 aliphatic carbocycles. The van der Waals surface area contributed by atoms with E-state index in [0.29, 0.717) is 19.2 Å². The van der Waals surface area contributed by atoms with Crippen LogP contribution in [0.3, 0.4) is 0 Å². The number of unbranched alkanes of at least 4 members (excludes halogenated alkanes) is 1. The Morgan fingerprint density at radius 3 is 2.77 bits per heavy atom. The highest BCUT2D eigenvalue weighted by Gasteiger charge is 2.17. The van der Waals surface area contributed by atoms with E-state index in [1.165, 1.54) is 12.0 Å². The van der Waals surface area contributed by atoms with E-state index >= 15 is 0 Å². The Bertz CT molecular complexity index is 648. The van der Waals surface area contributed by atoms with Gasteiger partial charge in [0.15, 0.2) is 5.96 Å². The van der Waals surface area contributed by atoms with E-state index in [1.54, 1.807) is 0 Å². The van der Waals surface area contributed by atoms with Gasteiger partial charge in [0.2, 0.25) is 0 Å². The standard InChI is InChI=1S/C24H42N4O2.HI/c1-6-25-24(26-13-7-8-14-28(5)19(2)3)27-17-21-12-11-20(4)16-23(21)30-18-22-10-9-15-29-22;/h11-12,16,19,22H,6-10,13-15,17-18H2,1-5H3,(H2,25,26,27);1H. The number of nitrogens with one attached hydrogen (secondary N) is 2. The van der Waals surface area contributed by atoms with E-state index in [1.807, 2.05) is 0 Å². The molecule has 1 heterocycles. The largest absolute Gasteiger partial charge is 0.491 e. The number of aryl methyl sites for hydroxylation is 1. The summed E-state index contributed by atoms with van der Waals surface area (Å²) in [5, 5.41) is 6.81. The second-order valence-corrected chi connectivity index (χ2v) is 8.46. The summed E-state index contributed by atoms with van der Waals surface area (Å²) < 4.78 is 11.8. The number of aliphatic imine (C=N–C) groups is 1. The topological polar surface area (TPSA) is 58.1 Å². The van der Waals surface area contributed by atoms with Crippen LogP contribution in [-0.2, 0) is 11.3 Å². The Kier molecular flexibility index (Phi) is 14.2. The quantitative estimate of drug-likeness (QED) is 0.177. The average molecular weight is 547 g/mol. The molecule has 7 heteroatoms. The fourth-order valence-corrected chi connectivity index (χ4v) is 3.34. The molecule has 1 aliphatic rings. The van der Waals surface area contributed by atoms with Crippen LogP contribution >= 0.6 is 24.0 Å². The Balaban J connectivity index is 0.00000480. The molecule has 1 unspecified atom stereocenters. The lowest BCUT2D eigenvalue weighted by Crippen LogP contribution is -2.38. The lowest BCUT2D eigenvalue weighted by molar-refractivity contribution is 0.0676. The first-order chi connectivity index (χ1) is 14.5. The molecule has 6 nitrogen and oxygen atoms in total. The van der Waals surface area contributed by atoms with E-state index in [0.717, 1.165) is 62.8 Å². The molecule has 0 aromatic heterocycles. The summed E-state index contributed by atoms with van der Waals surface area (Å²) in [4.78, 5) is 7.17. The number of ether oxygens (including phenoxy) is 2. The molecule has 0 amide bonds. The first-order valence-corrected chi connectivity index (χ1v) is 11.6. The highest BCUT2D eigenvalue weighted by Crippen LogP contribution is 2.23. The first-order valence-electron chi connectivity index (χ1n) is 11.6. The monoisotopic (exact) mass is 546 g/mol. The smallest absolute Gasteiger partial charge is 0.191 e. The summed E-state index contributed by atoms with van der Waals surface area (Å²) in [5.41, 5.74) is 2.30. The van der Waals surface area contributed by atoms with Gasteiger partial charge in [-0.1, -0.05) is 12.1 Å². The van der Waals surface area contributed by atoms with Crippen molar-refractivity contribution in [2.45, 2.75) is 72.1 Å². The van der Waals surface area contributed by atoms with Crippen LogP contribution in [0.25, 0.3) is 0 Å². The molecule has 2 N–H and O–H groups in total. The maximum absolute atomic E-state index is 6.11. The maximum atomic E-state index is 6.11. The van der Waals surface area contributed by atoms with Crippen molar-refractivity contribution < 1.29 is 9.47 Å². The molecule has 1 aromatic carbocycles. The predicted octanol–water partition coefficient (Wildman–Crippen LogP) is 4.35. The highest BCUT2D eigenvalue weighted by molar-refractivity contribution is 14.0. The molecule has 31 heavy (non-hydrogen) atoms. The fourth-order valence-electron chi connectivity index (χ4n) is 3.34. The fraction of sp³-hybridized carbons (Fsp3) is 0.708. The van der Waals surface area contributed by atoms with Crippen LogP contribution in [0.15, 0.2) is 23.2 Å². The van der Waals surface area contributed by atoms with E-state index in [4.69, 9.17) is 14.5 Å². The van der Waals surface area contributed by atoms with Gasteiger partial charge in [0, 0.05) is 31.3 Å². The molecule has 1 aliphatic heterocycles. The second kappa shape index (κ2) is 15.7. The molecule has 0 radical (unpaired) electrons. The van der Waals surface area contributed by atoms with E-state index < -0.39 is 0 Å². The molecule has 0 saturated carbocycles. The highest BCUT2D eigenvalue weighted by atomic mass is 127. The van der Waals surface area contributed by atoms with Crippen molar-refractivity contribution in [3.63, 3.8) is 0 Å². The second-order valence-electron chi connectivity index (χ2n) is 8.46. The number of rotatable bonds is 12. The van der Waals surface area contributed by atoms with Gasteiger partial charge in [-0.3, -0.25) is 0 Å². The molecule has 2 rings (SSSR count). The van der Waals surface area contributed by atoms with Gasteiger partial charge in [-0.25, -0.2) is 4.99 Å². The van der Waals surface area contributed by atoms with Gasteiger partial charge >= 0.3 is 0 Å². The molecule has 178 valence electrons. The third-order valence-electron chi connectivity index (χ3n) is 5.53. The van der Waals surface area contributed by atoms with Crippen LogP contribution in [0.5, 0.6) is 5.75 Å². The van der Waals surface area contributed by atoms with Gasteiger partial charge in [0.25, 0.3) is 0 Å². The minimum atomic E-state index is 0. The van der Waals surface area contributed by atoms with Gasteiger partial charge in [-0.2, -0.15) is 0 Å². The van der Waals surface area contributed by atoms with Crippen LogP contribution in [-0.4, -0.2) is 62.9 Å². The van der Waals surface area contributed by atoms with E-state index in [2.05, 4.69) is 68.5 Å². The summed E-state index contributed by atoms with van der Waals surface area (Å²) >= 11 is 0. The minimum absolute atomic E-state index is 0.